The predicted molar refractivity (Wildman–Crippen MR) is 296 cm³/mol. The van der Waals surface area contributed by atoms with Crippen molar-refractivity contribution in [3.05, 3.63) is 65.8 Å². The lowest BCUT2D eigenvalue weighted by Gasteiger charge is -2.39. The summed E-state index contributed by atoms with van der Waals surface area (Å²) in [5.41, 5.74) is 18.2. The maximum Gasteiger partial charge on any atom is 0.410 e. The number of Topliss-reactive ketones (excluding diaryl/α,β-unsaturated/α-hetero) is 1. The molecule has 4 fully saturated rings. The Labute approximate surface area is 465 Å². The molecule has 1 spiro atoms. The van der Waals surface area contributed by atoms with Crippen LogP contribution in [0.4, 0.5) is 20.1 Å². The molecule has 10 N–H and O–H groups in total. The Kier molecular flexibility index (Phi) is 25.3. The second kappa shape index (κ2) is 31.4. The molecule has 0 saturated carbocycles. The number of carbonyl (C=O) groups excluding carboxylic acids is 8. The third kappa shape index (κ3) is 22.0. The van der Waals surface area contributed by atoms with Crippen molar-refractivity contribution in [2.24, 2.45) is 35.0 Å². The van der Waals surface area contributed by atoms with Crippen molar-refractivity contribution in [1.29, 1.82) is 0 Å². The molecule has 4 heterocycles. The predicted octanol–water partition coefficient (Wildman–Crippen LogP) is 5.03. The van der Waals surface area contributed by atoms with E-state index < -0.39 is 42.2 Å². The molecule has 0 radical (unpaired) electrons. The van der Waals surface area contributed by atoms with Gasteiger partial charge in [-0.2, -0.15) is 0 Å². The fourth-order valence-corrected chi connectivity index (χ4v) is 10.0. The van der Waals surface area contributed by atoms with Gasteiger partial charge in [0.05, 0.1) is 55.1 Å². The number of nitrogens with two attached hydrogens (primary N) is 3. The van der Waals surface area contributed by atoms with E-state index in [1.807, 2.05) is 39.8 Å². The van der Waals surface area contributed by atoms with Gasteiger partial charge in [-0.15, -0.1) is 0 Å². The summed E-state index contributed by atoms with van der Waals surface area (Å²) in [6, 6.07) is 5.04. The van der Waals surface area contributed by atoms with Gasteiger partial charge in [0.2, 0.25) is 23.6 Å². The second-order valence-corrected chi connectivity index (χ2v) is 21.9. The van der Waals surface area contributed by atoms with Crippen molar-refractivity contribution in [2.75, 3.05) is 51.2 Å². The molecule has 22 nitrogen and oxygen atoms in total. The molecule has 1 aromatic carbocycles. The number of hydrogen-bond acceptors (Lipinski definition) is 14. The summed E-state index contributed by atoms with van der Waals surface area (Å²) in [5, 5.41) is 11.3. The third-order valence-corrected chi connectivity index (χ3v) is 14.8. The number of nitrogens with one attached hydrogen (secondary N) is 4. The lowest BCUT2D eigenvalue weighted by Crippen LogP contribution is -2.51. The second-order valence-electron chi connectivity index (χ2n) is 21.9. The highest BCUT2D eigenvalue weighted by atomic mass is 16.6. The van der Waals surface area contributed by atoms with Crippen LogP contribution in [0.3, 0.4) is 0 Å². The standard InChI is InChI=1S/C57H87N9O13/c1-36(2)52(64-50(69)12-8-7-9-23-58)47(67)30-42(11-10-24-61-54(60)72)53(71)62-43-18-16-41(17-19-43)34-75-55(73)65-25-27-66(28-26-65)56(74)77-39(5)15-22-51(70)63-46-29-38(4)48(78-40(46)6)21-14-37(3)13-20-44-32-57(35-76-57)33-45(79-44)31-49(59)68/h13-20,22,36,38-40,42,44-46,48,52H,7-12,21,23-35,58H2,1-6H3,(H2,59,68)(H,62,71)(H,63,70)(H,64,69)(H3,60,61,72)/b20-13+,22-15-,37-14+/t38-,39-,40+,42+,44?,45+,46+,48?,52-,57+/m0/s1. The van der Waals surface area contributed by atoms with Crippen LogP contribution in [0, 0.1) is 17.8 Å². The number of benzene rings is 1. The monoisotopic (exact) mass is 1110 g/mol. The van der Waals surface area contributed by atoms with Crippen LogP contribution in [0.1, 0.15) is 124 Å². The van der Waals surface area contributed by atoms with Crippen LogP contribution >= 0.6 is 0 Å². The topological polar surface area (TPSA) is 319 Å². The lowest BCUT2D eigenvalue weighted by atomic mass is 9.88. The molecule has 0 aromatic heterocycles. The number of hydrogen-bond donors (Lipinski definition) is 7. The van der Waals surface area contributed by atoms with E-state index in [0.29, 0.717) is 50.1 Å². The van der Waals surface area contributed by atoms with Crippen molar-refractivity contribution < 1.29 is 62.0 Å². The number of ketones is 1. The van der Waals surface area contributed by atoms with E-state index in [1.165, 1.54) is 22.0 Å². The summed E-state index contributed by atoms with van der Waals surface area (Å²) in [4.78, 5) is 105. The Hall–Kier alpha value is -6.36. The van der Waals surface area contributed by atoms with Crippen LogP contribution < -0.4 is 38.5 Å². The highest BCUT2D eigenvalue weighted by Crippen LogP contribution is 2.43. The Balaban J connectivity index is 0.989. The van der Waals surface area contributed by atoms with Crippen molar-refractivity contribution >= 4 is 53.3 Å². The number of unbranched alkanes of at least 4 members (excludes halogenated alkanes) is 2. The van der Waals surface area contributed by atoms with Crippen molar-refractivity contribution in [3.63, 3.8) is 0 Å². The molecular formula is C57H87N9O13. The normalized spacial score (nSPS) is 24.4. The minimum Gasteiger partial charge on any atom is -0.445 e. The van der Waals surface area contributed by atoms with E-state index in [4.69, 9.17) is 40.9 Å². The quantitative estimate of drug-likeness (QED) is 0.0251. The van der Waals surface area contributed by atoms with Gasteiger partial charge in [-0.05, 0) is 101 Å². The van der Waals surface area contributed by atoms with Gasteiger partial charge in [-0.3, -0.25) is 24.0 Å². The largest absolute Gasteiger partial charge is 0.445 e. The molecule has 2 unspecified atom stereocenters. The number of allylic oxidation sites excluding steroid dienone is 2. The van der Waals surface area contributed by atoms with Gasteiger partial charge in [-0.25, -0.2) is 14.4 Å². The molecule has 438 valence electrons. The highest BCUT2D eigenvalue weighted by Gasteiger charge is 2.51. The van der Waals surface area contributed by atoms with Crippen LogP contribution in [0.5, 0.6) is 0 Å². The Bertz CT molecular complexity index is 2310. The zero-order chi connectivity index (χ0) is 57.6. The smallest absolute Gasteiger partial charge is 0.410 e. The van der Waals surface area contributed by atoms with Gasteiger partial charge in [0, 0.05) is 76.1 Å². The van der Waals surface area contributed by atoms with E-state index in [0.717, 1.165) is 31.3 Å². The number of epoxide rings is 1. The minimum atomic E-state index is -0.774. The van der Waals surface area contributed by atoms with Gasteiger partial charge in [-0.1, -0.05) is 63.1 Å². The molecule has 4 aliphatic rings. The number of primary amides is 2. The van der Waals surface area contributed by atoms with E-state index in [2.05, 4.69) is 34.3 Å². The molecule has 5 rings (SSSR count). The SMILES string of the molecule is CC(/C=C/C1C[C@]2(CO2)C[C@@H](CC(N)=O)O1)=C\CC1O[C@H](C)[C@H](NC(=O)/C=C\[C@H](C)OC(=O)N2CCN(C(=O)OCc3ccc(NC(=O)[C@H](CCCNC(N)=O)CC(=O)[C@@H](NC(=O)CCCCCN)C(C)C)cc3)CC2)C[C@@H]1C. The van der Waals surface area contributed by atoms with E-state index in [1.54, 1.807) is 31.2 Å². The first-order valence-corrected chi connectivity index (χ1v) is 28.0. The Morgan fingerprint density at radius 3 is 2.23 bits per heavy atom. The number of carbonyl (C=O) groups is 8. The maximum atomic E-state index is 13.6. The molecule has 1 aromatic rings. The van der Waals surface area contributed by atoms with Crippen LogP contribution in [0.25, 0.3) is 0 Å². The molecular weight excluding hydrogens is 1020 g/mol. The average Bonchev–Trinajstić information content (AvgIpc) is 4.16. The van der Waals surface area contributed by atoms with E-state index in [9.17, 15) is 38.4 Å². The van der Waals surface area contributed by atoms with Crippen LogP contribution in [-0.4, -0.2) is 152 Å². The molecule has 22 heteroatoms. The molecule has 79 heavy (non-hydrogen) atoms. The zero-order valence-corrected chi connectivity index (χ0v) is 47.0. The third-order valence-electron chi connectivity index (χ3n) is 14.8. The van der Waals surface area contributed by atoms with Crippen LogP contribution in [0.15, 0.2) is 60.2 Å². The summed E-state index contributed by atoms with van der Waals surface area (Å²) in [6.07, 6.45) is 12.7. The molecule has 0 aliphatic carbocycles. The first kappa shape index (κ1) is 63.5. The van der Waals surface area contributed by atoms with Crippen LogP contribution in [-0.2, 0) is 54.3 Å². The summed E-state index contributed by atoms with van der Waals surface area (Å²) < 4.78 is 29.4. The number of anilines is 1. The van der Waals surface area contributed by atoms with Gasteiger partial charge < -0.3 is 72.0 Å². The number of amides is 8. The van der Waals surface area contributed by atoms with Gasteiger partial charge in [0.25, 0.3) is 0 Å². The summed E-state index contributed by atoms with van der Waals surface area (Å²) in [5.74, 6) is -2.42. The summed E-state index contributed by atoms with van der Waals surface area (Å²) in [7, 11) is 0. The van der Waals surface area contributed by atoms with Crippen molar-refractivity contribution in [1.82, 2.24) is 25.8 Å². The fourth-order valence-electron chi connectivity index (χ4n) is 10.0. The molecule has 4 saturated heterocycles. The van der Waals surface area contributed by atoms with Gasteiger partial charge in [0.1, 0.15) is 12.7 Å². The molecule has 8 amide bonds. The number of ether oxygens (including phenoxy) is 5. The van der Waals surface area contributed by atoms with Crippen molar-refractivity contribution in [3.8, 4) is 0 Å². The van der Waals surface area contributed by atoms with E-state index >= 15 is 0 Å². The molecule has 10 atom stereocenters. The van der Waals surface area contributed by atoms with Gasteiger partial charge >= 0.3 is 18.2 Å². The minimum absolute atomic E-state index is 0.0308. The number of rotatable bonds is 28. The zero-order valence-electron chi connectivity index (χ0n) is 47.0. The lowest BCUT2D eigenvalue weighted by molar-refractivity contribution is -0.131. The summed E-state index contributed by atoms with van der Waals surface area (Å²) >= 11 is 0. The number of urea groups is 1. The van der Waals surface area contributed by atoms with Gasteiger partial charge in [0.15, 0.2) is 5.78 Å². The summed E-state index contributed by atoms with van der Waals surface area (Å²) in [6.45, 7) is 13.7. The fraction of sp³-hybridized carbons (Fsp3) is 0.649. The first-order chi connectivity index (χ1) is 37.6. The maximum absolute atomic E-state index is 13.6. The van der Waals surface area contributed by atoms with Crippen LogP contribution in [0.2, 0.25) is 0 Å². The molecule has 4 aliphatic heterocycles. The highest BCUT2D eigenvalue weighted by molar-refractivity contribution is 5.97. The number of piperazine rings is 1. The molecule has 0 bridgehead atoms. The Morgan fingerprint density at radius 1 is 0.886 bits per heavy atom. The number of nitrogens with zero attached hydrogens (tertiary/aromatic N) is 2. The van der Waals surface area contributed by atoms with E-state index in [-0.39, 0.29) is 136 Å². The first-order valence-electron chi connectivity index (χ1n) is 28.0. The average molecular weight is 1110 g/mol. The van der Waals surface area contributed by atoms with Crippen molar-refractivity contribution in [2.45, 2.75) is 173 Å². The Morgan fingerprint density at radius 2 is 1.58 bits per heavy atom.